The molecular formula is C18H20BrNO2. The molecule has 0 aliphatic carbocycles. The van der Waals surface area contributed by atoms with Crippen LogP contribution in [0.1, 0.15) is 30.6 Å². The molecule has 1 N–H and O–H groups in total. The third-order valence-corrected chi connectivity index (χ3v) is 3.71. The fourth-order valence-electron chi connectivity index (χ4n) is 1.85. The number of amides is 1. The second-order valence-corrected chi connectivity index (χ2v) is 6.43. The van der Waals surface area contributed by atoms with Crippen molar-refractivity contribution in [3.05, 3.63) is 58.6 Å². The molecule has 0 heterocycles. The molecule has 0 saturated carbocycles. The van der Waals surface area contributed by atoms with Crippen molar-refractivity contribution in [3.8, 4) is 5.75 Å². The Balaban J connectivity index is 1.91. The Morgan fingerprint density at radius 1 is 1.09 bits per heavy atom. The molecule has 0 saturated heterocycles. The first-order valence-corrected chi connectivity index (χ1v) is 8.13. The SMILES string of the molecule is CC(C)CCOc1ccc(C(=O)Nc2ccc(Br)cc2)cc1. The zero-order valence-corrected chi connectivity index (χ0v) is 14.4. The van der Waals surface area contributed by atoms with Gasteiger partial charge < -0.3 is 10.1 Å². The Morgan fingerprint density at radius 2 is 1.73 bits per heavy atom. The van der Waals surface area contributed by atoms with Gasteiger partial charge in [-0.25, -0.2) is 0 Å². The minimum absolute atomic E-state index is 0.129. The number of anilines is 1. The molecule has 0 aromatic heterocycles. The Morgan fingerprint density at radius 3 is 2.32 bits per heavy atom. The van der Waals surface area contributed by atoms with E-state index in [4.69, 9.17) is 4.74 Å². The molecule has 0 aliphatic heterocycles. The van der Waals surface area contributed by atoms with Gasteiger partial charge in [-0.3, -0.25) is 4.79 Å². The average molecular weight is 362 g/mol. The molecule has 2 aromatic carbocycles. The van der Waals surface area contributed by atoms with Crippen molar-refractivity contribution in [1.82, 2.24) is 0 Å². The molecule has 0 unspecified atom stereocenters. The maximum atomic E-state index is 12.2. The summed E-state index contributed by atoms with van der Waals surface area (Å²) in [6.45, 7) is 5.03. The van der Waals surface area contributed by atoms with Crippen LogP contribution >= 0.6 is 15.9 Å². The molecular weight excluding hydrogens is 342 g/mol. The molecule has 2 rings (SSSR count). The Hall–Kier alpha value is -1.81. The molecule has 0 bridgehead atoms. The van der Waals surface area contributed by atoms with Gasteiger partial charge in [0.15, 0.2) is 0 Å². The summed E-state index contributed by atoms with van der Waals surface area (Å²) in [6.07, 6.45) is 1.02. The molecule has 22 heavy (non-hydrogen) atoms. The number of benzene rings is 2. The number of carbonyl (C=O) groups excluding carboxylic acids is 1. The Bertz CT molecular complexity index is 606. The van der Waals surface area contributed by atoms with E-state index in [9.17, 15) is 4.79 Å². The first kappa shape index (κ1) is 16.6. The Kier molecular flexibility index (Phi) is 6.01. The summed E-state index contributed by atoms with van der Waals surface area (Å²) < 4.78 is 6.63. The molecule has 3 nitrogen and oxygen atoms in total. The van der Waals surface area contributed by atoms with Crippen LogP contribution in [0, 0.1) is 5.92 Å². The minimum Gasteiger partial charge on any atom is -0.494 e. The summed E-state index contributed by atoms with van der Waals surface area (Å²) in [6, 6.07) is 14.7. The topological polar surface area (TPSA) is 38.3 Å². The predicted molar refractivity (Wildman–Crippen MR) is 93.5 cm³/mol. The van der Waals surface area contributed by atoms with Gasteiger partial charge in [-0.15, -0.1) is 0 Å². The molecule has 0 aliphatic rings. The summed E-state index contributed by atoms with van der Waals surface area (Å²) in [4.78, 5) is 12.2. The largest absolute Gasteiger partial charge is 0.494 e. The smallest absolute Gasteiger partial charge is 0.255 e. The van der Waals surface area contributed by atoms with E-state index in [1.54, 1.807) is 12.1 Å². The summed E-state index contributed by atoms with van der Waals surface area (Å²) in [5.74, 6) is 1.29. The van der Waals surface area contributed by atoms with Gasteiger partial charge in [0.2, 0.25) is 0 Å². The van der Waals surface area contributed by atoms with Crippen LogP contribution in [-0.2, 0) is 0 Å². The quantitative estimate of drug-likeness (QED) is 0.774. The van der Waals surface area contributed by atoms with Crippen molar-refractivity contribution in [2.75, 3.05) is 11.9 Å². The number of ether oxygens (including phenoxy) is 1. The van der Waals surface area contributed by atoms with Crippen molar-refractivity contribution in [3.63, 3.8) is 0 Å². The highest BCUT2D eigenvalue weighted by atomic mass is 79.9. The van der Waals surface area contributed by atoms with Crippen LogP contribution in [-0.4, -0.2) is 12.5 Å². The van der Waals surface area contributed by atoms with E-state index in [-0.39, 0.29) is 5.91 Å². The first-order valence-electron chi connectivity index (χ1n) is 7.34. The summed E-state index contributed by atoms with van der Waals surface area (Å²) in [5.41, 5.74) is 1.38. The van der Waals surface area contributed by atoms with E-state index in [0.717, 1.165) is 22.3 Å². The molecule has 0 fully saturated rings. The van der Waals surface area contributed by atoms with E-state index in [0.29, 0.717) is 18.1 Å². The lowest BCUT2D eigenvalue weighted by atomic mass is 10.1. The van der Waals surface area contributed by atoms with Gasteiger partial charge in [-0.2, -0.15) is 0 Å². The van der Waals surface area contributed by atoms with Crippen molar-refractivity contribution >= 4 is 27.5 Å². The number of halogens is 1. The third-order valence-electron chi connectivity index (χ3n) is 3.18. The van der Waals surface area contributed by atoms with Gasteiger partial charge >= 0.3 is 0 Å². The highest BCUT2D eigenvalue weighted by Gasteiger charge is 2.06. The van der Waals surface area contributed by atoms with E-state index < -0.39 is 0 Å². The van der Waals surface area contributed by atoms with Crippen LogP contribution in [0.25, 0.3) is 0 Å². The minimum atomic E-state index is -0.129. The molecule has 1 amide bonds. The lowest BCUT2D eigenvalue weighted by Crippen LogP contribution is -2.11. The fraction of sp³-hybridized carbons (Fsp3) is 0.278. The van der Waals surface area contributed by atoms with E-state index in [1.807, 2.05) is 36.4 Å². The molecule has 2 aromatic rings. The van der Waals surface area contributed by atoms with Gasteiger partial charge in [-0.1, -0.05) is 29.8 Å². The monoisotopic (exact) mass is 361 g/mol. The molecule has 4 heteroatoms. The van der Waals surface area contributed by atoms with Gasteiger partial charge in [-0.05, 0) is 60.9 Å². The maximum Gasteiger partial charge on any atom is 0.255 e. The van der Waals surface area contributed by atoms with Crippen LogP contribution in [0.4, 0.5) is 5.69 Å². The zero-order chi connectivity index (χ0) is 15.9. The van der Waals surface area contributed by atoms with E-state index in [1.165, 1.54) is 0 Å². The number of hydrogen-bond acceptors (Lipinski definition) is 2. The highest BCUT2D eigenvalue weighted by molar-refractivity contribution is 9.10. The van der Waals surface area contributed by atoms with Gasteiger partial charge in [0.25, 0.3) is 5.91 Å². The number of carbonyl (C=O) groups is 1. The summed E-state index contributed by atoms with van der Waals surface area (Å²) in [7, 11) is 0. The van der Waals surface area contributed by atoms with Gasteiger partial charge in [0, 0.05) is 15.7 Å². The van der Waals surface area contributed by atoms with Crippen molar-refractivity contribution < 1.29 is 9.53 Å². The van der Waals surface area contributed by atoms with Crippen molar-refractivity contribution in [2.45, 2.75) is 20.3 Å². The number of rotatable bonds is 6. The molecule has 116 valence electrons. The van der Waals surface area contributed by atoms with Crippen LogP contribution < -0.4 is 10.1 Å². The lowest BCUT2D eigenvalue weighted by molar-refractivity contribution is 0.102. The van der Waals surface area contributed by atoms with Crippen molar-refractivity contribution in [1.29, 1.82) is 0 Å². The average Bonchev–Trinajstić information content (AvgIpc) is 2.50. The normalized spacial score (nSPS) is 10.5. The molecule has 0 spiro atoms. The zero-order valence-electron chi connectivity index (χ0n) is 12.8. The number of hydrogen-bond donors (Lipinski definition) is 1. The molecule has 0 radical (unpaired) electrons. The standard InChI is InChI=1S/C18H20BrNO2/c1-13(2)11-12-22-17-9-3-14(4-10-17)18(21)20-16-7-5-15(19)6-8-16/h3-10,13H,11-12H2,1-2H3,(H,20,21). The Labute approximate surface area is 139 Å². The van der Waals surface area contributed by atoms with Gasteiger partial charge in [0.05, 0.1) is 6.61 Å². The summed E-state index contributed by atoms with van der Waals surface area (Å²) >= 11 is 3.37. The maximum absolute atomic E-state index is 12.2. The van der Waals surface area contributed by atoms with Crippen LogP contribution in [0.2, 0.25) is 0 Å². The summed E-state index contributed by atoms with van der Waals surface area (Å²) in [5, 5.41) is 2.86. The third kappa shape index (κ3) is 5.19. The van der Waals surface area contributed by atoms with Crippen molar-refractivity contribution in [2.24, 2.45) is 5.92 Å². The number of nitrogens with one attached hydrogen (secondary N) is 1. The van der Waals surface area contributed by atoms with Crippen LogP contribution in [0.5, 0.6) is 5.75 Å². The fourth-order valence-corrected chi connectivity index (χ4v) is 2.12. The highest BCUT2D eigenvalue weighted by Crippen LogP contribution is 2.17. The van der Waals surface area contributed by atoms with Crippen LogP contribution in [0.3, 0.4) is 0 Å². The van der Waals surface area contributed by atoms with Crippen LogP contribution in [0.15, 0.2) is 53.0 Å². The van der Waals surface area contributed by atoms with E-state index >= 15 is 0 Å². The first-order chi connectivity index (χ1) is 10.5. The predicted octanol–water partition coefficient (Wildman–Crippen LogP) is 5.13. The van der Waals surface area contributed by atoms with Gasteiger partial charge in [0.1, 0.15) is 5.75 Å². The second-order valence-electron chi connectivity index (χ2n) is 5.52. The molecule has 0 atom stereocenters. The second kappa shape index (κ2) is 7.99. The van der Waals surface area contributed by atoms with E-state index in [2.05, 4.69) is 35.1 Å². The lowest BCUT2D eigenvalue weighted by Gasteiger charge is -2.09.